The third kappa shape index (κ3) is 7.70. The highest BCUT2D eigenvalue weighted by Crippen LogP contribution is 2.28. The molecule has 0 aliphatic heterocycles. The fourth-order valence-corrected chi connectivity index (χ4v) is 4.84. The van der Waals surface area contributed by atoms with Gasteiger partial charge in [-0.2, -0.15) is 0 Å². The number of aliphatic hydroxyl groups is 1. The van der Waals surface area contributed by atoms with E-state index in [1.54, 1.807) is 20.8 Å². The van der Waals surface area contributed by atoms with Gasteiger partial charge in [-0.3, -0.25) is 9.69 Å². The van der Waals surface area contributed by atoms with Gasteiger partial charge in [-0.15, -0.1) is 11.3 Å². The van der Waals surface area contributed by atoms with Crippen LogP contribution in [0.15, 0.2) is 35.1 Å². The van der Waals surface area contributed by atoms with E-state index in [9.17, 15) is 14.7 Å². The summed E-state index contributed by atoms with van der Waals surface area (Å²) in [6.07, 6.45) is -0.939. The minimum atomic E-state index is -0.686. The number of aromatic amines is 1. The van der Waals surface area contributed by atoms with Crippen LogP contribution >= 0.6 is 11.3 Å². The Kier molecular flexibility index (Phi) is 9.56. The summed E-state index contributed by atoms with van der Waals surface area (Å²) in [6.45, 7) is 11.5. The Morgan fingerprint density at radius 3 is 2.51 bits per heavy atom. The number of carbonyl (C=O) groups excluding carboxylic acids is 1. The van der Waals surface area contributed by atoms with E-state index in [1.807, 2.05) is 35.2 Å². The molecule has 35 heavy (non-hydrogen) atoms. The number of thiophene rings is 1. The van der Waals surface area contributed by atoms with Crippen molar-refractivity contribution >= 4 is 27.5 Å². The van der Waals surface area contributed by atoms with Crippen LogP contribution in [0, 0.1) is 12.8 Å². The first kappa shape index (κ1) is 27.0. The zero-order valence-electron chi connectivity index (χ0n) is 21.0. The number of carbonyl (C=O) groups is 1. The van der Waals surface area contributed by atoms with Crippen molar-refractivity contribution in [2.75, 3.05) is 19.8 Å². The fraction of sp³-hybridized carbons (Fsp3) is 0.500. The summed E-state index contributed by atoms with van der Waals surface area (Å²) >= 11 is 1.17. The summed E-state index contributed by atoms with van der Waals surface area (Å²) < 4.78 is 10.9. The monoisotopic (exact) mass is 501 g/mol. The normalized spacial score (nSPS) is 12.7. The lowest BCUT2D eigenvalue weighted by atomic mass is 10.2. The second kappa shape index (κ2) is 12.4. The average Bonchev–Trinajstić information content (AvgIpc) is 3.10. The number of ether oxygens (including phenoxy) is 2. The Bertz CT molecular complexity index is 1170. The molecule has 0 spiro atoms. The number of fused-ring (bicyclic) bond motifs is 1. The molecule has 0 radical (unpaired) electrons. The van der Waals surface area contributed by atoms with Gasteiger partial charge in [0.05, 0.1) is 30.7 Å². The maximum absolute atomic E-state index is 12.9. The number of nitrogens with zero attached hydrogens (tertiary/aromatic N) is 2. The van der Waals surface area contributed by atoms with Crippen molar-refractivity contribution in [1.29, 1.82) is 0 Å². The molecule has 1 atom stereocenters. The third-order valence-corrected chi connectivity index (χ3v) is 6.40. The zero-order chi connectivity index (χ0) is 25.5. The molecule has 0 aliphatic carbocycles. The van der Waals surface area contributed by atoms with E-state index in [1.165, 1.54) is 11.3 Å². The number of aliphatic hydroxyl groups excluding tert-OH is 1. The third-order valence-electron chi connectivity index (χ3n) is 5.23. The molecule has 2 heterocycles. The number of nitrogens with one attached hydrogen (secondary N) is 1. The molecule has 9 heteroatoms. The Morgan fingerprint density at radius 1 is 1.14 bits per heavy atom. The predicted octanol–water partition coefficient (Wildman–Crippen LogP) is 3.89. The van der Waals surface area contributed by atoms with Gasteiger partial charge in [-0.1, -0.05) is 44.2 Å². The van der Waals surface area contributed by atoms with Crippen LogP contribution < -0.4 is 5.56 Å². The van der Waals surface area contributed by atoms with E-state index in [0.717, 1.165) is 5.56 Å². The second-order valence-corrected chi connectivity index (χ2v) is 10.4. The van der Waals surface area contributed by atoms with E-state index in [0.29, 0.717) is 58.6 Å². The van der Waals surface area contributed by atoms with Gasteiger partial charge in [0, 0.05) is 19.7 Å². The standard InChI is InChI=1S/C26H35N3O5S/c1-16(2)14-33-15-20(30)12-29(11-19-9-7-6-8-10-19)13-21-27-24(31)22-18(5)23(35-25(22)28-21)26(32)34-17(3)4/h6-10,16-17,20,30H,11-15H2,1-5H3,(H,27,28,31). The summed E-state index contributed by atoms with van der Waals surface area (Å²) in [6, 6.07) is 9.92. The first-order chi connectivity index (χ1) is 16.6. The van der Waals surface area contributed by atoms with Gasteiger partial charge in [0.2, 0.25) is 0 Å². The van der Waals surface area contributed by atoms with E-state index in [4.69, 9.17) is 9.47 Å². The number of benzene rings is 1. The molecule has 0 saturated heterocycles. The number of hydrogen-bond acceptors (Lipinski definition) is 8. The molecule has 2 N–H and O–H groups in total. The van der Waals surface area contributed by atoms with Gasteiger partial charge in [0.25, 0.3) is 5.56 Å². The van der Waals surface area contributed by atoms with Gasteiger partial charge >= 0.3 is 5.97 Å². The maximum Gasteiger partial charge on any atom is 0.348 e. The smallest absolute Gasteiger partial charge is 0.348 e. The average molecular weight is 502 g/mol. The predicted molar refractivity (Wildman–Crippen MR) is 138 cm³/mol. The molecule has 0 bridgehead atoms. The van der Waals surface area contributed by atoms with Gasteiger partial charge in [0.1, 0.15) is 15.5 Å². The molecule has 0 fully saturated rings. The van der Waals surface area contributed by atoms with Crippen molar-refractivity contribution in [3.63, 3.8) is 0 Å². The van der Waals surface area contributed by atoms with Crippen molar-refractivity contribution in [2.24, 2.45) is 5.92 Å². The second-order valence-electron chi connectivity index (χ2n) is 9.44. The van der Waals surface area contributed by atoms with Crippen LogP contribution in [-0.2, 0) is 22.6 Å². The first-order valence-corrected chi connectivity index (χ1v) is 12.7. The maximum atomic E-state index is 12.9. The van der Waals surface area contributed by atoms with Crippen molar-refractivity contribution < 1.29 is 19.4 Å². The molecule has 8 nitrogen and oxygen atoms in total. The summed E-state index contributed by atoms with van der Waals surface area (Å²) in [5, 5.41) is 11.0. The van der Waals surface area contributed by atoms with Crippen LogP contribution in [0.5, 0.6) is 0 Å². The summed E-state index contributed by atoms with van der Waals surface area (Å²) in [5.74, 6) is 0.413. The molecule has 3 aromatic rings. The van der Waals surface area contributed by atoms with Crippen molar-refractivity contribution in [2.45, 2.75) is 59.9 Å². The number of aromatic nitrogens is 2. The Hall–Kier alpha value is -2.59. The quantitative estimate of drug-likeness (QED) is 0.363. The molecule has 2 aromatic heterocycles. The zero-order valence-corrected chi connectivity index (χ0v) is 21.9. The Morgan fingerprint density at radius 2 is 1.86 bits per heavy atom. The van der Waals surface area contributed by atoms with E-state index < -0.39 is 12.1 Å². The van der Waals surface area contributed by atoms with Gasteiger partial charge in [-0.05, 0) is 37.8 Å². The number of esters is 1. The summed E-state index contributed by atoms with van der Waals surface area (Å²) in [5.41, 5.74) is 1.37. The van der Waals surface area contributed by atoms with Crippen LogP contribution in [0.2, 0.25) is 0 Å². The van der Waals surface area contributed by atoms with Crippen molar-refractivity contribution in [3.8, 4) is 0 Å². The summed E-state index contributed by atoms with van der Waals surface area (Å²) in [4.78, 5) is 35.8. The van der Waals surface area contributed by atoms with Crippen LogP contribution in [0.1, 0.15) is 54.3 Å². The van der Waals surface area contributed by atoms with Crippen LogP contribution in [0.25, 0.3) is 10.2 Å². The topological polar surface area (TPSA) is 105 Å². The molecule has 1 unspecified atom stereocenters. The highest BCUT2D eigenvalue weighted by Gasteiger charge is 2.22. The lowest BCUT2D eigenvalue weighted by Gasteiger charge is -2.25. The minimum absolute atomic E-state index is 0.234. The highest BCUT2D eigenvalue weighted by molar-refractivity contribution is 7.20. The molecule has 0 saturated carbocycles. The molecular weight excluding hydrogens is 466 g/mol. The number of H-pyrrole nitrogens is 1. The number of aryl methyl sites for hydroxylation is 1. The van der Waals surface area contributed by atoms with Crippen LogP contribution in [-0.4, -0.2) is 57.9 Å². The molecule has 190 valence electrons. The molecule has 0 amide bonds. The fourth-order valence-electron chi connectivity index (χ4n) is 3.75. The number of hydrogen-bond donors (Lipinski definition) is 2. The highest BCUT2D eigenvalue weighted by atomic mass is 32.1. The lowest BCUT2D eigenvalue weighted by Crippen LogP contribution is -2.35. The molecule has 0 aliphatic rings. The first-order valence-electron chi connectivity index (χ1n) is 11.9. The lowest BCUT2D eigenvalue weighted by molar-refractivity contribution is 0.00517. The summed E-state index contributed by atoms with van der Waals surface area (Å²) in [7, 11) is 0. The minimum Gasteiger partial charge on any atom is -0.459 e. The van der Waals surface area contributed by atoms with Gasteiger partial charge < -0.3 is 19.6 Å². The molecule has 3 rings (SSSR count). The molecule has 1 aromatic carbocycles. The SMILES string of the molecule is Cc1c(C(=O)OC(C)C)sc2nc(CN(Cc3ccccc3)CC(O)COCC(C)C)[nH]c(=O)c12. The Labute approximate surface area is 209 Å². The van der Waals surface area contributed by atoms with Gasteiger partial charge in [-0.25, -0.2) is 9.78 Å². The Balaban J connectivity index is 1.83. The van der Waals surface area contributed by atoms with Crippen LogP contribution in [0.4, 0.5) is 0 Å². The van der Waals surface area contributed by atoms with E-state index in [-0.39, 0.29) is 18.3 Å². The van der Waals surface area contributed by atoms with E-state index >= 15 is 0 Å². The van der Waals surface area contributed by atoms with Crippen molar-refractivity contribution in [3.05, 3.63) is 62.5 Å². The van der Waals surface area contributed by atoms with Crippen LogP contribution in [0.3, 0.4) is 0 Å². The van der Waals surface area contributed by atoms with Crippen molar-refractivity contribution in [1.82, 2.24) is 14.9 Å². The van der Waals surface area contributed by atoms with E-state index in [2.05, 4.69) is 23.8 Å². The largest absolute Gasteiger partial charge is 0.459 e. The molecular formula is C26H35N3O5S. The number of rotatable bonds is 12. The van der Waals surface area contributed by atoms with Gasteiger partial charge in [0.15, 0.2) is 0 Å².